The number of sulfonamides is 1. The summed E-state index contributed by atoms with van der Waals surface area (Å²) in [6, 6.07) is 0. The van der Waals surface area contributed by atoms with E-state index in [4.69, 9.17) is 5.73 Å². The van der Waals surface area contributed by atoms with Gasteiger partial charge in [-0.2, -0.15) is 0 Å². The van der Waals surface area contributed by atoms with Crippen molar-refractivity contribution >= 4 is 15.9 Å². The van der Waals surface area contributed by atoms with Gasteiger partial charge in [-0.25, -0.2) is 12.7 Å². The molecule has 15 heavy (non-hydrogen) atoms. The Morgan fingerprint density at radius 3 is 2.40 bits per heavy atom. The first-order valence-electron chi connectivity index (χ1n) is 4.95. The van der Waals surface area contributed by atoms with E-state index >= 15 is 0 Å². The van der Waals surface area contributed by atoms with Gasteiger partial charge in [0.2, 0.25) is 15.9 Å². The largest absolute Gasteiger partial charge is 0.330 e. The van der Waals surface area contributed by atoms with E-state index in [0.717, 1.165) is 4.31 Å². The van der Waals surface area contributed by atoms with Crippen LogP contribution in [0.4, 0.5) is 0 Å². The standard InChI is InChI=1S/C9H18N2O3S/c1-7(4-10)5-11-8(12)9(2,3)6-15(11,13)14/h7H,4-6,10H2,1-3H3. The molecule has 0 aromatic carbocycles. The molecule has 1 aliphatic rings. The number of carbonyl (C=O) groups is 1. The molecule has 5 nitrogen and oxygen atoms in total. The summed E-state index contributed by atoms with van der Waals surface area (Å²) in [4.78, 5) is 11.8. The third-order valence-corrected chi connectivity index (χ3v) is 4.64. The fraction of sp³-hybridized carbons (Fsp3) is 0.889. The van der Waals surface area contributed by atoms with Gasteiger partial charge in [0.15, 0.2) is 0 Å². The number of nitrogens with two attached hydrogens (primary N) is 1. The fourth-order valence-corrected chi connectivity index (χ4v) is 3.79. The SMILES string of the molecule is CC(CN)CN1C(=O)C(C)(C)CS1(=O)=O. The first-order chi connectivity index (χ1) is 6.70. The van der Waals surface area contributed by atoms with Crippen LogP contribution in [0.15, 0.2) is 0 Å². The predicted molar refractivity (Wildman–Crippen MR) is 57.5 cm³/mol. The van der Waals surface area contributed by atoms with Crippen LogP contribution in [0.3, 0.4) is 0 Å². The van der Waals surface area contributed by atoms with E-state index in [2.05, 4.69) is 0 Å². The summed E-state index contributed by atoms with van der Waals surface area (Å²) in [5.74, 6) is -0.420. The highest BCUT2D eigenvalue weighted by Crippen LogP contribution is 2.31. The van der Waals surface area contributed by atoms with Crippen molar-refractivity contribution in [1.29, 1.82) is 0 Å². The van der Waals surface area contributed by atoms with Crippen molar-refractivity contribution in [2.75, 3.05) is 18.8 Å². The summed E-state index contributed by atoms with van der Waals surface area (Å²) in [5.41, 5.74) is 4.62. The van der Waals surface area contributed by atoms with Crippen molar-refractivity contribution in [3.05, 3.63) is 0 Å². The summed E-state index contributed by atoms with van der Waals surface area (Å²) in [7, 11) is -3.42. The Balaban J connectivity index is 2.93. The van der Waals surface area contributed by atoms with E-state index in [9.17, 15) is 13.2 Å². The van der Waals surface area contributed by atoms with Crippen molar-refractivity contribution in [1.82, 2.24) is 4.31 Å². The third kappa shape index (κ3) is 2.31. The molecule has 1 saturated heterocycles. The third-order valence-electron chi connectivity index (χ3n) is 2.56. The fourth-order valence-electron chi connectivity index (χ4n) is 1.61. The Kier molecular flexibility index (Phi) is 3.11. The summed E-state index contributed by atoms with van der Waals surface area (Å²) in [6.45, 7) is 5.70. The molecule has 2 N–H and O–H groups in total. The molecule has 0 spiro atoms. The quantitative estimate of drug-likeness (QED) is 0.732. The minimum absolute atomic E-state index is 0.00220. The van der Waals surface area contributed by atoms with E-state index in [1.54, 1.807) is 13.8 Å². The zero-order chi connectivity index (χ0) is 11.9. The second kappa shape index (κ2) is 3.75. The molecule has 0 aliphatic carbocycles. The summed E-state index contributed by atoms with van der Waals surface area (Å²) >= 11 is 0. The van der Waals surface area contributed by atoms with Crippen LogP contribution < -0.4 is 5.73 Å². The normalized spacial score (nSPS) is 25.6. The van der Waals surface area contributed by atoms with Gasteiger partial charge in [-0.3, -0.25) is 4.79 Å². The van der Waals surface area contributed by atoms with Gasteiger partial charge in [-0.1, -0.05) is 6.92 Å². The number of nitrogens with zero attached hydrogens (tertiary/aromatic N) is 1. The van der Waals surface area contributed by atoms with E-state index in [1.165, 1.54) is 0 Å². The highest BCUT2D eigenvalue weighted by Gasteiger charge is 2.49. The smallest absolute Gasteiger partial charge is 0.242 e. The molecule has 6 heteroatoms. The van der Waals surface area contributed by atoms with Gasteiger partial charge in [0.25, 0.3) is 0 Å². The van der Waals surface area contributed by atoms with Gasteiger partial charge in [0.05, 0.1) is 11.2 Å². The van der Waals surface area contributed by atoms with Crippen LogP contribution in [0.1, 0.15) is 20.8 Å². The van der Waals surface area contributed by atoms with E-state index in [1.807, 2.05) is 6.92 Å². The lowest BCUT2D eigenvalue weighted by Crippen LogP contribution is -2.37. The van der Waals surface area contributed by atoms with E-state index in [-0.39, 0.29) is 24.1 Å². The van der Waals surface area contributed by atoms with Crippen LogP contribution in [0.5, 0.6) is 0 Å². The maximum Gasteiger partial charge on any atom is 0.242 e. The van der Waals surface area contributed by atoms with Crippen LogP contribution >= 0.6 is 0 Å². The Labute approximate surface area is 90.7 Å². The van der Waals surface area contributed by atoms with E-state index < -0.39 is 15.4 Å². The maximum absolute atomic E-state index is 11.8. The van der Waals surface area contributed by atoms with Gasteiger partial charge < -0.3 is 5.73 Å². The molecule has 88 valence electrons. The van der Waals surface area contributed by atoms with Crippen molar-refractivity contribution in [3.63, 3.8) is 0 Å². The van der Waals surface area contributed by atoms with Gasteiger partial charge in [0, 0.05) is 6.54 Å². The van der Waals surface area contributed by atoms with Crippen molar-refractivity contribution < 1.29 is 13.2 Å². The minimum atomic E-state index is -3.42. The molecule has 0 aromatic heterocycles. The molecule has 0 aromatic rings. The second-order valence-corrected chi connectivity index (χ2v) is 6.71. The lowest BCUT2D eigenvalue weighted by molar-refractivity contribution is -0.132. The molecule has 1 unspecified atom stereocenters. The lowest BCUT2D eigenvalue weighted by atomic mass is 9.95. The van der Waals surface area contributed by atoms with E-state index in [0.29, 0.717) is 6.54 Å². The molecule has 1 rings (SSSR count). The summed E-state index contributed by atoms with van der Waals surface area (Å²) in [5, 5.41) is 0. The van der Waals surface area contributed by atoms with Crippen molar-refractivity contribution in [2.24, 2.45) is 17.1 Å². The van der Waals surface area contributed by atoms with Gasteiger partial charge in [-0.05, 0) is 26.3 Å². The molecule has 1 heterocycles. The predicted octanol–water partition coefficient (Wildman–Crippen LogP) is -0.221. The van der Waals surface area contributed by atoms with Gasteiger partial charge >= 0.3 is 0 Å². The Bertz CT molecular complexity index is 362. The Morgan fingerprint density at radius 1 is 1.53 bits per heavy atom. The van der Waals surface area contributed by atoms with Gasteiger partial charge in [-0.15, -0.1) is 0 Å². The highest BCUT2D eigenvalue weighted by molar-refractivity contribution is 7.90. The molecule has 1 atom stereocenters. The van der Waals surface area contributed by atoms with Crippen LogP contribution in [0, 0.1) is 11.3 Å². The van der Waals surface area contributed by atoms with Crippen LogP contribution in [0.25, 0.3) is 0 Å². The van der Waals surface area contributed by atoms with Crippen molar-refractivity contribution in [2.45, 2.75) is 20.8 Å². The first kappa shape index (κ1) is 12.4. The number of hydrogen-bond acceptors (Lipinski definition) is 4. The average molecular weight is 234 g/mol. The minimum Gasteiger partial charge on any atom is -0.330 e. The molecule has 1 aliphatic heterocycles. The molecular formula is C9H18N2O3S. The number of hydrogen-bond donors (Lipinski definition) is 1. The number of amides is 1. The molecule has 1 fully saturated rings. The first-order valence-corrected chi connectivity index (χ1v) is 6.56. The Morgan fingerprint density at radius 2 is 2.07 bits per heavy atom. The molecule has 0 bridgehead atoms. The summed E-state index contributed by atoms with van der Waals surface area (Å²) < 4.78 is 24.4. The highest BCUT2D eigenvalue weighted by atomic mass is 32.2. The van der Waals surface area contributed by atoms with Crippen LogP contribution in [0.2, 0.25) is 0 Å². The molecule has 0 saturated carbocycles. The van der Waals surface area contributed by atoms with Gasteiger partial charge in [0.1, 0.15) is 0 Å². The molecule has 0 radical (unpaired) electrons. The monoisotopic (exact) mass is 234 g/mol. The zero-order valence-electron chi connectivity index (χ0n) is 9.36. The maximum atomic E-state index is 11.8. The van der Waals surface area contributed by atoms with Crippen molar-refractivity contribution in [3.8, 4) is 0 Å². The lowest BCUT2D eigenvalue weighted by Gasteiger charge is -2.20. The topological polar surface area (TPSA) is 80.5 Å². The molecule has 1 amide bonds. The number of rotatable bonds is 3. The second-order valence-electron chi connectivity index (χ2n) is 4.82. The molecular weight excluding hydrogens is 216 g/mol. The Hall–Kier alpha value is -0.620. The zero-order valence-corrected chi connectivity index (χ0v) is 10.2. The average Bonchev–Trinajstić information content (AvgIpc) is 2.23. The van der Waals surface area contributed by atoms with Crippen LogP contribution in [-0.2, 0) is 14.8 Å². The summed E-state index contributed by atoms with van der Waals surface area (Å²) in [6.07, 6.45) is 0. The number of carbonyl (C=O) groups excluding carboxylic acids is 1. The van der Waals surface area contributed by atoms with Crippen LogP contribution in [-0.4, -0.2) is 37.5 Å².